The van der Waals surface area contributed by atoms with Crippen molar-refractivity contribution in [2.75, 3.05) is 6.61 Å². The van der Waals surface area contributed by atoms with Gasteiger partial charge in [0.1, 0.15) is 0 Å². The molecule has 0 bridgehead atoms. The molecule has 2 nitrogen and oxygen atoms in total. The van der Waals surface area contributed by atoms with Crippen LogP contribution >= 0.6 is 0 Å². The Morgan fingerprint density at radius 2 is 2.08 bits per heavy atom. The van der Waals surface area contributed by atoms with Crippen molar-refractivity contribution in [1.29, 1.82) is 0 Å². The molecule has 0 saturated heterocycles. The van der Waals surface area contributed by atoms with Gasteiger partial charge in [0.2, 0.25) is 0 Å². The number of carbonyl (C=O) groups excluding carboxylic acids is 1. The van der Waals surface area contributed by atoms with Gasteiger partial charge in [-0.25, -0.2) is 4.79 Å². The summed E-state index contributed by atoms with van der Waals surface area (Å²) in [5.74, 6) is -0.204. The molecule has 0 N–H and O–H groups in total. The number of carbonyl (C=O) groups is 1. The van der Waals surface area contributed by atoms with Crippen LogP contribution in [0.3, 0.4) is 0 Å². The summed E-state index contributed by atoms with van der Waals surface area (Å²) in [4.78, 5) is 11.1. The molecule has 0 aliphatic heterocycles. The molecule has 72 valence electrons. The second-order valence-corrected chi connectivity index (χ2v) is 3.30. The topological polar surface area (TPSA) is 26.3 Å². The van der Waals surface area contributed by atoms with Crippen LogP contribution in [0.2, 0.25) is 0 Å². The quantitative estimate of drug-likeness (QED) is 0.371. The highest BCUT2D eigenvalue weighted by molar-refractivity contribution is 5.82. The molecule has 0 amide bonds. The summed E-state index contributed by atoms with van der Waals surface area (Å²) in [5, 5.41) is 0. The van der Waals surface area contributed by atoms with Crippen LogP contribution in [0.1, 0.15) is 32.6 Å². The van der Waals surface area contributed by atoms with Crippen LogP contribution < -0.4 is 0 Å². The zero-order valence-electron chi connectivity index (χ0n) is 8.14. The van der Waals surface area contributed by atoms with Gasteiger partial charge in [0.05, 0.1) is 6.61 Å². The highest BCUT2D eigenvalue weighted by Gasteiger charge is 2.09. The number of hydrogen-bond donors (Lipinski definition) is 0. The Morgan fingerprint density at radius 1 is 1.46 bits per heavy atom. The number of allylic oxidation sites excluding steroid dienone is 2. The summed E-state index contributed by atoms with van der Waals surface area (Å²) < 4.78 is 4.83. The van der Waals surface area contributed by atoms with Gasteiger partial charge in [0.15, 0.2) is 0 Å². The highest BCUT2D eigenvalue weighted by Crippen LogP contribution is 2.25. The average Bonchev–Trinajstić information content (AvgIpc) is 2.09. The van der Waals surface area contributed by atoms with Gasteiger partial charge in [-0.05, 0) is 32.6 Å². The number of rotatable bonds is 2. The van der Waals surface area contributed by atoms with Gasteiger partial charge in [-0.2, -0.15) is 0 Å². The fourth-order valence-corrected chi connectivity index (χ4v) is 1.42. The van der Waals surface area contributed by atoms with E-state index in [0.29, 0.717) is 6.61 Å². The maximum atomic E-state index is 11.1. The summed E-state index contributed by atoms with van der Waals surface area (Å²) in [6.45, 7) is 6.19. The van der Waals surface area contributed by atoms with E-state index in [2.05, 4.69) is 6.58 Å². The molecule has 1 aliphatic carbocycles. The van der Waals surface area contributed by atoms with E-state index in [0.717, 1.165) is 25.7 Å². The van der Waals surface area contributed by atoms with E-state index in [1.807, 2.05) is 6.92 Å². The summed E-state index contributed by atoms with van der Waals surface area (Å²) in [7, 11) is 0. The van der Waals surface area contributed by atoms with Gasteiger partial charge in [-0.15, -0.1) is 0 Å². The van der Waals surface area contributed by atoms with Crippen molar-refractivity contribution in [3.05, 3.63) is 23.8 Å². The lowest BCUT2D eigenvalue weighted by Crippen LogP contribution is -2.04. The Bertz CT molecular complexity index is 226. The van der Waals surface area contributed by atoms with Crippen LogP contribution in [0.25, 0.3) is 0 Å². The minimum absolute atomic E-state index is 0.204. The smallest absolute Gasteiger partial charge is 0.330 e. The fourth-order valence-electron chi connectivity index (χ4n) is 1.42. The molecule has 0 spiro atoms. The Kier molecular flexibility index (Phi) is 3.74. The van der Waals surface area contributed by atoms with Crippen LogP contribution in [0.15, 0.2) is 23.8 Å². The van der Waals surface area contributed by atoms with Crippen LogP contribution in [0.5, 0.6) is 0 Å². The molecular formula is C11H16O2. The maximum absolute atomic E-state index is 11.1. The summed E-state index contributed by atoms with van der Waals surface area (Å²) in [6.07, 6.45) is 5.61. The van der Waals surface area contributed by atoms with Gasteiger partial charge >= 0.3 is 5.97 Å². The second-order valence-electron chi connectivity index (χ2n) is 3.30. The minimum Gasteiger partial charge on any atom is -0.463 e. The summed E-state index contributed by atoms with van der Waals surface area (Å²) in [5.41, 5.74) is 2.49. The summed E-state index contributed by atoms with van der Waals surface area (Å²) >= 11 is 0. The second kappa shape index (κ2) is 4.85. The molecule has 13 heavy (non-hydrogen) atoms. The lowest BCUT2D eigenvalue weighted by Gasteiger charge is -2.15. The van der Waals surface area contributed by atoms with Crippen LogP contribution in [0.4, 0.5) is 0 Å². The molecule has 0 radical (unpaired) electrons. The Labute approximate surface area is 79.3 Å². The van der Waals surface area contributed by atoms with E-state index < -0.39 is 0 Å². The molecule has 0 aromatic heterocycles. The normalized spacial score (nSPS) is 17.0. The van der Waals surface area contributed by atoms with Gasteiger partial charge in [-0.3, -0.25) is 0 Å². The van der Waals surface area contributed by atoms with Crippen molar-refractivity contribution in [3.63, 3.8) is 0 Å². The zero-order valence-corrected chi connectivity index (χ0v) is 8.14. The standard InChI is InChI=1S/C11H16O2/c1-3-13-11(12)8-10-6-4-9(2)5-7-10/h8H,2-7H2,1H3. The number of esters is 1. The third kappa shape index (κ3) is 3.45. The first-order valence-electron chi connectivity index (χ1n) is 4.75. The van der Waals surface area contributed by atoms with Crippen LogP contribution in [-0.2, 0) is 9.53 Å². The van der Waals surface area contributed by atoms with Gasteiger partial charge in [0, 0.05) is 6.08 Å². The Hall–Kier alpha value is -1.05. The van der Waals surface area contributed by atoms with Crippen molar-refractivity contribution < 1.29 is 9.53 Å². The van der Waals surface area contributed by atoms with E-state index in [-0.39, 0.29) is 5.97 Å². The van der Waals surface area contributed by atoms with E-state index in [4.69, 9.17) is 4.74 Å². The third-order valence-corrected chi connectivity index (χ3v) is 2.21. The van der Waals surface area contributed by atoms with Gasteiger partial charge < -0.3 is 4.74 Å². The monoisotopic (exact) mass is 180 g/mol. The molecule has 0 unspecified atom stereocenters. The Morgan fingerprint density at radius 3 is 2.62 bits per heavy atom. The molecule has 2 heteroatoms. The molecule has 1 rings (SSSR count). The van der Waals surface area contributed by atoms with Gasteiger partial charge in [-0.1, -0.05) is 17.7 Å². The van der Waals surface area contributed by atoms with Crippen molar-refractivity contribution in [1.82, 2.24) is 0 Å². The highest BCUT2D eigenvalue weighted by atomic mass is 16.5. The predicted octanol–water partition coefficient (Wildman–Crippen LogP) is 2.61. The van der Waals surface area contributed by atoms with E-state index in [9.17, 15) is 4.79 Å². The first kappa shape index (κ1) is 10.0. The first-order chi connectivity index (χ1) is 6.22. The molecule has 0 aromatic carbocycles. The maximum Gasteiger partial charge on any atom is 0.330 e. The SMILES string of the molecule is C=C1CCC(=CC(=O)OCC)CC1. The van der Waals surface area contributed by atoms with E-state index >= 15 is 0 Å². The van der Waals surface area contributed by atoms with Crippen molar-refractivity contribution in [3.8, 4) is 0 Å². The third-order valence-electron chi connectivity index (χ3n) is 2.21. The molecule has 1 fully saturated rings. The lowest BCUT2D eigenvalue weighted by molar-refractivity contribution is -0.137. The van der Waals surface area contributed by atoms with Crippen molar-refractivity contribution in [2.45, 2.75) is 32.6 Å². The summed E-state index contributed by atoms with van der Waals surface area (Å²) in [6, 6.07) is 0. The lowest BCUT2D eigenvalue weighted by atomic mass is 9.91. The van der Waals surface area contributed by atoms with Crippen molar-refractivity contribution >= 4 is 5.97 Å². The fraction of sp³-hybridized carbons (Fsp3) is 0.545. The van der Waals surface area contributed by atoms with Crippen LogP contribution in [-0.4, -0.2) is 12.6 Å². The van der Waals surface area contributed by atoms with Gasteiger partial charge in [0.25, 0.3) is 0 Å². The van der Waals surface area contributed by atoms with Crippen molar-refractivity contribution in [2.24, 2.45) is 0 Å². The first-order valence-corrected chi connectivity index (χ1v) is 4.75. The minimum atomic E-state index is -0.204. The molecule has 1 saturated carbocycles. The average molecular weight is 180 g/mol. The van der Waals surface area contributed by atoms with E-state index in [1.54, 1.807) is 6.08 Å². The molecular weight excluding hydrogens is 164 g/mol. The molecule has 1 aliphatic rings. The van der Waals surface area contributed by atoms with E-state index in [1.165, 1.54) is 11.1 Å². The largest absolute Gasteiger partial charge is 0.463 e. The number of hydrogen-bond acceptors (Lipinski definition) is 2. The molecule has 0 aromatic rings. The molecule has 0 atom stereocenters. The Balaban J connectivity index is 2.43. The predicted molar refractivity (Wildman–Crippen MR) is 52.3 cm³/mol. The van der Waals surface area contributed by atoms with Crippen LogP contribution in [0, 0.1) is 0 Å². The molecule has 0 heterocycles. The zero-order chi connectivity index (χ0) is 9.68. The number of ether oxygens (including phenoxy) is 1.